The molecule has 3 aromatic rings. The van der Waals surface area contributed by atoms with E-state index in [4.69, 9.17) is 44.8 Å². The van der Waals surface area contributed by atoms with Gasteiger partial charge >= 0.3 is 223 Å². The van der Waals surface area contributed by atoms with Crippen LogP contribution in [0.4, 0.5) is 0 Å². The molecule has 87 heavy (non-hydrogen) atoms. The molecule has 0 radical (unpaired) electrons. The summed E-state index contributed by atoms with van der Waals surface area (Å²) >= 11 is 8.43. The van der Waals surface area contributed by atoms with Gasteiger partial charge in [0.2, 0.25) is 0 Å². The molecule has 1 saturated carbocycles. The second-order valence-electron chi connectivity index (χ2n) is 27.5. The maximum atomic E-state index is 14.7. The van der Waals surface area contributed by atoms with Gasteiger partial charge in [-0.25, -0.2) is 0 Å². The molecule has 4 fully saturated rings. The SMILES string of the molecule is CC[C@H]1OC(=O)[C@H](C)[C@@H](O[C@H]2C[C@@](C)(OC)[C@@H](O)[C@H](C)O2)[C@H](C)[C@@H](O[C@@H]2O[C@H](C)C[C@H](N(C)C)[C@H]2O)[C@](C)(O)C[C@@H](C)CN(C(=O)CCCCCCCCCCCP(Cl)(c2ccccc2)(c2ccccc2)c2cnn(C3CCC3)c2)[C@H](C)[C@@H](O)[C@]1(C)O. The standard InChI is InChI=1S/C68H110ClN4O13P/c1-14-56-68(10,80)61(76)49(6)72(57(74)37-28-20-18-16-15-17-19-21-29-38-87(69,52-33-24-22-25-34-52,53-35-26-23-27-36-53)54-42-70-73(44-54)51-31-30-32-51)43-45(2)40-66(8,79)63(86-65-59(75)55(71(11)12)39-46(3)82-65)47(4)60(48(5)64(78)84-56)85-58-41-67(9,81-13)62(77)50(7)83-58/h22-27,33-36,42,44-51,55-56,58-63,65,75-77,79-80H,14-21,28-32,37-41,43H2,1-13H3/t45-,46-,47+,48-,49-,50+,55+,56-,58+,59-,60+,61-,62+,63-,65+,66-,67-,68-/m1/s1. The van der Waals surface area contributed by atoms with Gasteiger partial charge in [-0.2, -0.15) is 0 Å². The minimum absolute atomic E-state index is 0.0649. The van der Waals surface area contributed by atoms with Crippen molar-refractivity contribution < 1.29 is 63.5 Å². The summed E-state index contributed by atoms with van der Waals surface area (Å²) in [5.74, 6) is -6.71. The Morgan fingerprint density at radius 1 is 0.805 bits per heavy atom. The van der Waals surface area contributed by atoms with E-state index >= 15 is 0 Å². The van der Waals surface area contributed by atoms with Gasteiger partial charge in [0, 0.05) is 32.0 Å². The van der Waals surface area contributed by atoms with Gasteiger partial charge in [0.15, 0.2) is 12.6 Å². The molecule has 5 N–H and O–H groups in total. The molecule has 19 heteroatoms. The van der Waals surface area contributed by atoms with Gasteiger partial charge < -0.3 is 63.8 Å². The zero-order valence-electron chi connectivity index (χ0n) is 54.7. The van der Waals surface area contributed by atoms with E-state index in [2.05, 4.69) is 71.5 Å². The normalized spacial score (nSPS) is 35.8. The zero-order chi connectivity index (χ0) is 63.7. The van der Waals surface area contributed by atoms with E-state index in [1.165, 1.54) is 31.1 Å². The molecule has 492 valence electrons. The first-order chi connectivity index (χ1) is 41.1. The number of nitrogens with zero attached hydrogens (tertiary/aromatic N) is 4. The topological polar surface area (TPSA) is 215 Å². The van der Waals surface area contributed by atoms with E-state index < -0.39 is 108 Å². The van der Waals surface area contributed by atoms with Crippen LogP contribution < -0.4 is 15.9 Å². The van der Waals surface area contributed by atoms with Crippen LogP contribution >= 0.6 is 17.2 Å². The van der Waals surface area contributed by atoms with Crippen molar-refractivity contribution in [2.45, 2.75) is 275 Å². The van der Waals surface area contributed by atoms with Crippen molar-refractivity contribution in [3.8, 4) is 0 Å². The number of methoxy groups -OCH3 is 1. The van der Waals surface area contributed by atoms with E-state index in [0.717, 1.165) is 75.7 Å². The number of aromatic nitrogens is 2. The Morgan fingerprint density at radius 3 is 1.94 bits per heavy atom. The molecule has 7 rings (SSSR count). The smallest absolute Gasteiger partial charge is 0.126 e. The van der Waals surface area contributed by atoms with Crippen LogP contribution in [0, 0.1) is 17.8 Å². The zero-order valence-corrected chi connectivity index (χ0v) is 56.4. The molecule has 4 aliphatic rings. The summed E-state index contributed by atoms with van der Waals surface area (Å²) in [6.45, 7) is 17.4. The molecule has 0 bridgehead atoms. The summed E-state index contributed by atoms with van der Waals surface area (Å²) in [5, 5.41) is 69.1. The van der Waals surface area contributed by atoms with E-state index in [1.807, 2.05) is 39.0 Å². The largest absolute Gasteiger partial charge is 0.388 e. The van der Waals surface area contributed by atoms with Crippen molar-refractivity contribution >= 4 is 45.0 Å². The number of likely N-dealkylation sites (N-methyl/N-ethyl adjacent to an activating group) is 1. The first-order valence-electron chi connectivity index (χ1n) is 32.8. The van der Waals surface area contributed by atoms with Crippen molar-refractivity contribution in [1.82, 2.24) is 19.6 Å². The van der Waals surface area contributed by atoms with Gasteiger partial charge in [-0.1, -0.05) is 20.8 Å². The molecule has 4 heterocycles. The molecule has 2 aromatic carbocycles. The molecular weight excluding hydrogens is 1150 g/mol. The van der Waals surface area contributed by atoms with Crippen molar-refractivity contribution in [1.29, 1.82) is 0 Å². The molecule has 1 aromatic heterocycles. The van der Waals surface area contributed by atoms with Crippen molar-refractivity contribution in [2.24, 2.45) is 17.8 Å². The summed E-state index contributed by atoms with van der Waals surface area (Å²) in [6.07, 6.45) is 8.08. The van der Waals surface area contributed by atoms with Crippen LogP contribution in [0.5, 0.6) is 0 Å². The van der Waals surface area contributed by atoms with Crippen LogP contribution in [0.1, 0.15) is 184 Å². The summed E-state index contributed by atoms with van der Waals surface area (Å²) in [4.78, 5) is 32.9. The number of aliphatic hydroxyl groups excluding tert-OH is 3. The Balaban J connectivity index is 1.03. The van der Waals surface area contributed by atoms with Crippen LogP contribution in [0.3, 0.4) is 0 Å². The first-order valence-corrected chi connectivity index (χ1v) is 36.1. The molecule has 1 amide bonds. The quantitative estimate of drug-likeness (QED) is 0.0340. The van der Waals surface area contributed by atoms with Crippen LogP contribution in [0.15, 0.2) is 73.1 Å². The number of esters is 1. The number of benzene rings is 2. The van der Waals surface area contributed by atoms with Gasteiger partial charge in [0.05, 0.1) is 47.6 Å². The van der Waals surface area contributed by atoms with Gasteiger partial charge in [0.25, 0.3) is 0 Å². The minimum atomic E-state index is -3.40. The number of carbonyl (C=O) groups is 2. The number of aliphatic hydroxyl groups is 5. The number of carbonyl (C=O) groups excluding carboxylic acids is 2. The number of rotatable bonds is 23. The van der Waals surface area contributed by atoms with Crippen LogP contribution in [0.25, 0.3) is 0 Å². The molecule has 0 spiro atoms. The van der Waals surface area contributed by atoms with Crippen molar-refractivity contribution in [3.63, 3.8) is 0 Å². The molecule has 0 unspecified atom stereocenters. The second kappa shape index (κ2) is 30.5. The third-order valence-corrected chi connectivity index (χ3v) is 27.8. The number of hydrogen-bond donors (Lipinski definition) is 5. The summed E-state index contributed by atoms with van der Waals surface area (Å²) < 4.78 is 40.5. The van der Waals surface area contributed by atoms with Crippen LogP contribution in [-0.4, -0.2) is 181 Å². The Labute approximate surface area is 525 Å². The predicted molar refractivity (Wildman–Crippen MR) is 344 cm³/mol. The third-order valence-electron chi connectivity index (χ3n) is 20.4. The third kappa shape index (κ3) is 16.2. The average Bonchev–Trinajstić information content (AvgIpc) is 1.71. The monoisotopic (exact) mass is 1260 g/mol. The van der Waals surface area contributed by atoms with E-state index in [0.29, 0.717) is 18.9 Å². The molecule has 18 atom stereocenters. The molecule has 3 saturated heterocycles. The Kier molecular flexibility index (Phi) is 25.0. The number of ether oxygens (including phenoxy) is 6. The molecular formula is C68H110ClN4O13P. The molecule has 3 aliphatic heterocycles. The minimum Gasteiger partial charge on any atom is -0.388 e. The predicted octanol–water partition coefficient (Wildman–Crippen LogP) is 9.30. The van der Waals surface area contributed by atoms with Gasteiger partial charge in [-0.05, 0) is 87.7 Å². The Morgan fingerprint density at radius 2 is 1.39 bits per heavy atom. The van der Waals surface area contributed by atoms with E-state index in [-0.39, 0.29) is 50.3 Å². The maximum Gasteiger partial charge on any atom is 0.126 e. The van der Waals surface area contributed by atoms with Gasteiger partial charge in [-0.15, -0.1) is 0 Å². The van der Waals surface area contributed by atoms with Crippen molar-refractivity contribution in [3.05, 3.63) is 73.1 Å². The Bertz CT molecular complexity index is 2570. The Hall–Kier alpha value is -3.13. The fourth-order valence-electron chi connectivity index (χ4n) is 14.6. The molecule has 17 nitrogen and oxygen atoms in total. The number of cyclic esters (lactones) is 1. The summed E-state index contributed by atoms with van der Waals surface area (Å²) in [6, 6.07) is 20.5. The van der Waals surface area contributed by atoms with Gasteiger partial charge in [0.1, 0.15) is 30.0 Å². The van der Waals surface area contributed by atoms with Crippen LogP contribution in [0.2, 0.25) is 0 Å². The van der Waals surface area contributed by atoms with E-state index in [1.54, 1.807) is 53.4 Å². The number of halogens is 1. The number of hydrogen-bond acceptors (Lipinski definition) is 15. The van der Waals surface area contributed by atoms with Crippen molar-refractivity contribution in [2.75, 3.05) is 33.9 Å². The van der Waals surface area contributed by atoms with Gasteiger partial charge in [-0.3, -0.25) is 9.59 Å². The summed E-state index contributed by atoms with van der Waals surface area (Å²) in [5.41, 5.74) is -4.82. The summed E-state index contributed by atoms with van der Waals surface area (Å²) in [7, 11) is 5.26. The average molecular weight is 1260 g/mol. The van der Waals surface area contributed by atoms with E-state index in [9.17, 15) is 35.1 Å². The molecule has 1 aliphatic carbocycles. The first kappa shape index (κ1) is 71.3. The maximum absolute atomic E-state index is 14.7. The fraction of sp³-hybridized carbons (Fsp3) is 0.750. The van der Waals surface area contributed by atoms with Crippen LogP contribution in [-0.2, 0) is 38.0 Å². The number of amides is 1. The fourth-order valence-corrected chi connectivity index (χ4v) is 20.7. The second-order valence-corrected chi connectivity index (χ2v) is 34.1. The number of unbranched alkanes of at least 4 members (excludes halogenated alkanes) is 8.